The van der Waals surface area contributed by atoms with Gasteiger partial charge in [-0.2, -0.15) is 0 Å². The van der Waals surface area contributed by atoms with E-state index in [0.717, 1.165) is 16.2 Å². The van der Waals surface area contributed by atoms with Crippen molar-refractivity contribution < 1.29 is 83.6 Å². The van der Waals surface area contributed by atoms with Crippen molar-refractivity contribution in [2.24, 2.45) is 17.6 Å². The van der Waals surface area contributed by atoms with E-state index in [1.807, 2.05) is 24.3 Å². The summed E-state index contributed by atoms with van der Waals surface area (Å²) in [5.74, 6) is -3.31. The number of carbonyl (C=O) groups excluding carboxylic acids is 7. The number of benzene rings is 2. The number of methoxy groups -OCH3 is 4. The lowest BCUT2D eigenvalue weighted by Crippen LogP contribution is -2.60. The van der Waals surface area contributed by atoms with E-state index in [1.165, 1.54) is 36.2 Å². The van der Waals surface area contributed by atoms with E-state index < -0.39 is 149 Å². The number of rotatable bonds is 25. The number of fused-ring (bicyclic) bond motifs is 2. The van der Waals surface area contributed by atoms with Crippen LogP contribution in [0.4, 0.5) is 4.79 Å². The van der Waals surface area contributed by atoms with Gasteiger partial charge in [-0.05, 0) is 132 Å². The van der Waals surface area contributed by atoms with Gasteiger partial charge in [0.2, 0.25) is 55.4 Å². The van der Waals surface area contributed by atoms with Crippen LogP contribution in [0.25, 0.3) is 21.5 Å². The highest BCUT2D eigenvalue weighted by Crippen LogP contribution is 2.47. The van der Waals surface area contributed by atoms with Gasteiger partial charge in [-0.3, -0.25) is 38.2 Å². The average Bonchev–Trinajstić information content (AvgIpc) is 1.58. The first kappa shape index (κ1) is 74.8. The van der Waals surface area contributed by atoms with E-state index in [0.29, 0.717) is 48.4 Å². The molecule has 28 nitrogen and oxygen atoms in total. The predicted molar refractivity (Wildman–Crippen MR) is 353 cm³/mol. The highest BCUT2D eigenvalue weighted by molar-refractivity contribution is 7.91. The number of carbonyl (C=O) groups is 7. The lowest BCUT2D eigenvalue weighted by Gasteiger charge is -2.32. The van der Waals surface area contributed by atoms with Crippen LogP contribution in [0.1, 0.15) is 86.0 Å². The molecule has 2 aliphatic heterocycles. The monoisotopic (exact) mass is 1400 g/mol. The highest BCUT2D eigenvalue weighted by Gasteiger charge is 2.63. The second-order valence-corrected chi connectivity index (χ2v) is 29.2. The van der Waals surface area contributed by atoms with Crippen LogP contribution in [0, 0.1) is 11.8 Å². The van der Waals surface area contributed by atoms with Gasteiger partial charge in [-0.1, -0.05) is 12.2 Å². The molecule has 7 N–H and O–H groups in total. The molecule has 0 spiro atoms. The van der Waals surface area contributed by atoms with Crippen molar-refractivity contribution >= 4 is 108 Å². The van der Waals surface area contributed by atoms with Crippen molar-refractivity contribution in [2.45, 2.75) is 162 Å². The van der Waals surface area contributed by atoms with Crippen LogP contribution in [0.5, 0.6) is 23.3 Å². The molecule has 95 heavy (non-hydrogen) atoms. The SMILES string of the molecule is C=C[C@@H]1C[C@]1(NC(=O)[C@@H]1C[C@@H](Oc2nccc3cc(OC)ccc23)CN1C(=O)[C@@H](N)[C@H](C)OC)C(=O)NS(=O)(=O)C1CC1.C=C[C@@H]1C[C@]1(NC(=O)[C@@H]1C[C@@H](Oc2nccc3cc(OC)ccc23)CN1C(=O)[C@@H](NC(=O)OC(C)(C)C)[C@H](C)OC)C(=O)NS(=O)(=O)C1CC1.Cl.Cl. The van der Waals surface area contributed by atoms with Gasteiger partial charge in [-0.25, -0.2) is 31.6 Å². The number of hydrogen-bond donors (Lipinski definition) is 6. The molecule has 2 aromatic heterocycles. The molecule has 0 unspecified atom stereocenters. The van der Waals surface area contributed by atoms with Crippen LogP contribution in [0.2, 0.25) is 0 Å². The summed E-state index contributed by atoms with van der Waals surface area (Å²) in [5, 5.41) is 9.84. The zero-order chi connectivity index (χ0) is 67.7. The fourth-order valence-electron chi connectivity index (χ4n) is 11.5. The lowest BCUT2D eigenvalue weighted by molar-refractivity contribution is -0.143. The number of pyridine rings is 2. The third-order valence-electron chi connectivity index (χ3n) is 17.6. The molecular weight excluding hydrogens is 1320 g/mol. The number of hydrogen-bond acceptors (Lipinski definition) is 21. The van der Waals surface area contributed by atoms with Crippen molar-refractivity contribution in [3.05, 3.63) is 86.2 Å². The number of ether oxygens (including phenoxy) is 7. The van der Waals surface area contributed by atoms with Crippen LogP contribution in [-0.4, -0.2) is 195 Å². The van der Waals surface area contributed by atoms with E-state index in [9.17, 15) is 50.4 Å². The van der Waals surface area contributed by atoms with Gasteiger partial charge in [0.1, 0.15) is 64.6 Å². The van der Waals surface area contributed by atoms with E-state index in [4.69, 9.17) is 38.9 Å². The fourth-order valence-corrected chi connectivity index (χ4v) is 14.2. The molecule has 10 rings (SSSR count). The summed E-state index contributed by atoms with van der Waals surface area (Å²) in [6, 6.07) is 9.84. The number of nitrogens with two attached hydrogens (primary N) is 1. The molecule has 520 valence electrons. The maximum absolute atomic E-state index is 14.3. The van der Waals surface area contributed by atoms with E-state index in [2.05, 4.69) is 48.5 Å². The number of amides is 7. The third kappa shape index (κ3) is 16.8. The van der Waals surface area contributed by atoms with Crippen molar-refractivity contribution in [3.8, 4) is 23.3 Å². The number of nitrogens with zero attached hydrogens (tertiary/aromatic N) is 4. The quantitative estimate of drug-likeness (QED) is 0.0516. The number of nitrogens with one attached hydrogen (secondary N) is 5. The van der Waals surface area contributed by atoms with Gasteiger partial charge in [0.05, 0.1) is 50.0 Å². The van der Waals surface area contributed by atoms with Crippen molar-refractivity contribution in [3.63, 3.8) is 0 Å². The smallest absolute Gasteiger partial charge is 0.408 e. The van der Waals surface area contributed by atoms with Gasteiger partial charge < -0.3 is 64.6 Å². The zero-order valence-electron chi connectivity index (χ0n) is 54.2. The Morgan fingerprint density at radius 1 is 0.642 bits per heavy atom. The summed E-state index contributed by atoms with van der Waals surface area (Å²) in [5.41, 5.74) is 2.27. The molecule has 0 radical (unpaired) electrons. The topological polar surface area (TPSA) is 371 Å². The Labute approximate surface area is 564 Å². The first-order valence-electron chi connectivity index (χ1n) is 30.6. The standard InChI is InChI=1S/C34H45N5O10S.C29H37N5O8S.2ClH/c1-8-21-17-34(21,31(42)38-50(44,45)24-10-11-24)37-28(40)26-16-23(48-29-25-12-9-22(47-7)15-20(25)13-14-35-29)18-39(26)30(41)27(19(2)46-6)36-32(43)49-33(3,4)5;1-5-18-14-29(18,28(37)33-43(38,39)21-7-8-21)32-25(35)23-13-20(15-34(23)27(36)24(30)16(2)40-3)42-26-22-9-6-19(41-4)12-17(22)10-11-31-26;;/h8-9,12-15,19,21,23-24,26-27H,1,10-11,16-18H2,2-7H3,(H,36,43)(H,37,40)(H,38,42);5-6,9-12,16,18,20-21,23-24H,1,7-8,13-15,30H2,2-4H3,(H,32,35)(H,33,37);2*1H/t19-,21+,23+,26-,27-,34+;16-,18+,20+,23-,24-,29+;;/m00../s1. The highest BCUT2D eigenvalue weighted by atomic mass is 35.5. The molecule has 7 amide bonds. The van der Waals surface area contributed by atoms with Crippen molar-refractivity contribution in [1.29, 1.82) is 0 Å². The minimum absolute atomic E-state index is 0. The van der Waals surface area contributed by atoms with Crippen LogP contribution in [0.3, 0.4) is 0 Å². The summed E-state index contributed by atoms with van der Waals surface area (Å²) < 4.78 is 93.8. The van der Waals surface area contributed by atoms with Gasteiger partial charge >= 0.3 is 6.09 Å². The first-order chi connectivity index (χ1) is 43.9. The van der Waals surface area contributed by atoms with Gasteiger partial charge in [0.25, 0.3) is 11.8 Å². The zero-order valence-corrected chi connectivity index (χ0v) is 57.5. The molecule has 4 aliphatic carbocycles. The molecule has 2 aromatic carbocycles. The van der Waals surface area contributed by atoms with E-state index >= 15 is 0 Å². The Morgan fingerprint density at radius 2 is 1.05 bits per heavy atom. The fraction of sp³-hybridized carbons (Fsp3) is 0.540. The van der Waals surface area contributed by atoms with Crippen LogP contribution < -0.4 is 50.1 Å². The second-order valence-electron chi connectivity index (χ2n) is 25.3. The molecule has 4 heterocycles. The molecule has 6 aliphatic rings. The summed E-state index contributed by atoms with van der Waals surface area (Å²) in [6.45, 7) is 15.7. The third-order valence-corrected chi connectivity index (χ3v) is 21.2. The Bertz CT molecular complexity index is 3820. The number of alkyl carbamates (subject to hydrolysis) is 1. The normalized spacial score (nSPS) is 24.8. The van der Waals surface area contributed by atoms with Crippen LogP contribution >= 0.6 is 24.8 Å². The predicted octanol–water partition coefficient (Wildman–Crippen LogP) is 3.66. The molecule has 32 heteroatoms. The Morgan fingerprint density at radius 3 is 1.41 bits per heavy atom. The molecule has 4 aromatic rings. The summed E-state index contributed by atoms with van der Waals surface area (Å²) in [7, 11) is -1.81. The Kier molecular flexibility index (Phi) is 23.5. The Hall–Kier alpha value is -7.61. The maximum atomic E-state index is 14.3. The van der Waals surface area contributed by atoms with Crippen molar-refractivity contribution in [1.82, 2.24) is 45.2 Å². The molecule has 12 atom stereocenters. The van der Waals surface area contributed by atoms with Gasteiger partial charge in [0, 0.05) is 62.1 Å². The first-order valence-corrected chi connectivity index (χ1v) is 33.7. The number of likely N-dealkylation sites (tertiary alicyclic amines) is 2. The van der Waals surface area contributed by atoms with Crippen LogP contribution in [0.15, 0.2) is 86.2 Å². The lowest BCUT2D eigenvalue weighted by atomic mass is 10.1. The minimum Gasteiger partial charge on any atom is -0.497 e. The maximum Gasteiger partial charge on any atom is 0.408 e. The number of aromatic nitrogens is 2. The number of halogens is 2. The summed E-state index contributed by atoms with van der Waals surface area (Å²) >= 11 is 0. The molecular formula is C63H84Cl2N10O18S2. The Balaban J connectivity index is 0.000000266. The largest absolute Gasteiger partial charge is 0.497 e. The number of sulfonamides is 2. The average molecular weight is 1400 g/mol. The van der Waals surface area contributed by atoms with Gasteiger partial charge in [-0.15, -0.1) is 38.0 Å². The van der Waals surface area contributed by atoms with Crippen molar-refractivity contribution in [2.75, 3.05) is 41.5 Å². The minimum atomic E-state index is -3.90. The van der Waals surface area contributed by atoms with Gasteiger partial charge in [0.15, 0.2) is 0 Å². The molecule has 4 saturated carbocycles. The summed E-state index contributed by atoms with van der Waals surface area (Å²) in [6.07, 6.45) is 4.66. The van der Waals surface area contributed by atoms with Crippen LogP contribution in [-0.2, 0) is 63.0 Å². The van der Waals surface area contributed by atoms with E-state index in [1.54, 1.807) is 85.5 Å². The second kappa shape index (κ2) is 29.8. The molecule has 0 bridgehead atoms. The summed E-state index contributed by atoms with van der Waals surface area (Å²) in [4.78, 5) is 107. The van der Waals surface area contributed by atoms with E-state index in [-0.39, 0.29) is 69.5 Å². The molecule has 2 saturated heterocycles. The molecule has 6 fully saturated rings.